The highest BCUT2D eigenvalue weighted by molar-refractivity contribution is 5.79. The van der Waals surface area contributed by atoms with Crippen LogP contribution in [0.25, 0.3) is 0 Å². The van der Waals surface area contributed by atoms with Gasteiger partial charge >= 0.3 is 0 Å². The molecular weight excluding hydrogens is 124 g/mol. The van der Waals surface area contributed by atoms with Gasteiger partial charge in [0, 0.05) is 20.1 Å². The molecule has 0 saturated carbocycles. The van der Waals surface area contributed by atoms with Gasteiger partial charge in [0.15, 0.2) is 0 Å². The van der Waals surface area contributed by atoms with Gasteiger partial charge in [-0.1, -0.05) is 0 Å². The van der Waals surface area contributed by atoms with Crippen molar-refractivity contribution in [3.8, 4) is 0 Å². The topological polar surface area (TPSA) is 15.6 Å². The average molecular weight is 140 g/mol. The molecule has 1 rings (SSSR count). The third-order valence-corrected chi connectivity index (χ3v) is 2.14. The van der Waals surface area contributed by atoms with Gasteiger partial charge in [0.1, 0.15) is 0 Å². The molecule has 2 heteroatoms. The van der Waals surface area contributed by atoms with Gasteiger partial charge < -0.3 is 4.90 Å². The van der Waals surface area contributed by atoms with Gasteiger partial charge in [0.05, 0.1) is 5.84 Å². The van der Waals surface area contributed by atoms with Crippen LogP contribution in [0.15, 0.2) is 4.99 Å². The zero-order chi connectivity index (χ0) is 7.40. The SMILES string of the molecule is C/N=C(\C)N1CCCCC1. The molecule has 0 unspecified atom stereocenters. The van der Waals surface area contributed by atoms with Crippen LogP contribution in [-0.2, 0) is 0 Å². The van der Waals surface area contributed by atoms with Gasteiger partial charge in [-0.05, 0) is 26.2 Å². The molecule has 0 N–H and O–H groups in total. The highest BCUT2D eigenvalue weighted by Gasteiger charge is 2.09. The molecule has 1 aliphatic heterocycles. The Bertz CT molecular complexity index is 123. The zero-order valence-corrected chi connectivity index (χ0v) is 6.93. The Morgan fingerprint density at radius 1 is 1.20 bits per heavy atom. The smallest absolute Gasteiger partial charge is 0.0954 e. The van der Waals surface area contributed by atoms with E-state index in [9.17, 15) is 0 Å². The lowest BCUT2D eigenvalue weighted by atomic mass is 10.1. The second-order valence-electron chi connectivity index (χ2n) is 2.82. The maximum Gasteiger partial charge on any atom is 0.0954 e. The molecule has 0 aromatic carbocycles. The van der Waals surface area contributed by atoms with E-state index in [1.807, 2.05) is 7.05 Å². The molecule has 0 radical (unpaired) electrons. The molecule has 0 bridgehead atoms. The van der Waals surface area contributed by atoms with E-state index >= 15 is 0 Å². The van der Waals surface area contributed by atoms with E-state index in [2.05, 4.69) is 16.8 Å². The molecule has 1 saturated heterocycles. The van der Waals surface area contributed by atoms with Crippen LogP contribution < -0.4 is 0 Å². The Balaban J connectivity index is 2.39. The van der Waals surface area contributed by atoms with Crippen molar-refractivity contribution in [3.05, 3.63) is 0 Å². The maximum absolute atomic E-state index is 4.15. The average Bonchev–Trinajstić information content (AvgIpc) is 2.05. The Morgan fingerprint density at radius 2 is 1.80 bits per heavy atom. The van der Waals surface area contributed by atoms with Gasteiger partial charge in [-0.3, -0.25) is 4.99 Å². The molecule has 2 nitrogen and oxygen atoms in total. The molecule has 58 valence electrons. The third kappa shape index (κ3) is 1.72. The first kappa shape index (κ1) is 7.58. The van der Waals surface area contributed by atoms with E-state index < -0.39 is 0 Å². The van der Waals surface area contributed by atoms with Crippen LogP contribution in [0.1, 0.15) is 26.2 Å². The quantitative estimate of drug-likeness (QED) is 0.368. The molecule has 0 spiro atoms. The van der Waals surface area contributed by atoms with Crippen LogP contribution >= 0.6 is 0 Å². The minimum atomic E-state index is 1.19. The molecule has 1 heterocycles. The van der Waals surface area contributed by atoms with Gasteiger partial charge in [0.2, 0.25) is 0 Å². The van der Waals surface area contributed by atoms with Gasteiger partial charge in [-0.2, -0.15) is 0 Å². The van der Waals surface area contributed by atoms with Crippen LogP contribution in [0.5, 0.6) is 0 Å². The Hall–Kier alpha value is -0.530. The van der Waals surface area contributed by atoms with Crippen molar-refractivity contribution in [2.24, 2.45) is 4.99 Å². The van der Waals surface area contributed by atoms with E-state index in [0.29, 0.717) is 0 Å². The number of hydrogen-bond acceptors (Lipinski definition) is 1. The van der Waals surface area contributed by atoms with Gasteiger partial charge in [-0.25, -0.2) is 0 Å². The van der Waals surface area contributed by atoms with Crippen LogP contribution in [0, 0.1) is 0 Å². The van der Waals surface area contributed by atoms with E-state index in [-0.39, 0.29) is 0 Å². The van der Waals surface area contributed by atoms with Crippen molar-refractivity contribution in [3.63, 3.8) is 0 Å². The Kier molecular flexibility index (Phi) is 2.72. The fourth-order valence-electron chi connectivity index (χ4n) is 1.36. The molecule has 1 fully saturated rings. The summed E-state index contributed by atoms with van der Waals surface area (Å²) in [5.74, 6) is 1.19. The van der Waals surface area contributed by atoms with Crippen molar-refractivity contribution >= 4 is 5.84 Å². The minimum absolute atomic E-state index is 1.19. The molecular formula is C8H16N2. The van der Waals surface area contributed by atoms with E-state index in [4.69, 9.17) is 0 Å². The molecule has 10 heavy (non-hydrogen) atoms. The molecule has 0 aromatic rings. The number of hydrogen-bond donors (Lipinski definition) is 0. The maximum atomic E-state index is 4.15. The fraction of sp³-hybridized carbons (Fsp3) is 0.875. The summed E-state index contributed by atoms with van der Waals surface area (Å²) in [6.07, 6.45) is 4.08. The normalized spacial score (nSPS) is 21.4. The number of piperidine rings is 1. The van der Waals surface area contributed by atoms with E-state index in [1.165, 1.54) is 38.2 Å². The van der Waals surface area contributed by atoms with Gasteiger partial charge in [0.25, 0.3) is 0 Å². The largest absolute Gasteiger partial charge is 0.361 e. The summed E-state index contributed by atoms with van der Waals surface area (Å²) >= 11 is 0. The number of aliphatic imine (C=N–C) groups is 1. The molecule has 0 aromatic heterocycles. The number of rotatable bonds is 0. The second kappa shape index (κ2) is 3.59. The molecule has 0 aliphatic carbocycles. The van der Waals surface area contributed by atoms with Crippen molar-refractivity contribution in [1.29, 1.82) is 0 Å². The summed E-state index contributed by atoms with van der Waals surface area (Å²) in [6.45, 7) is 4.51. The lowest BCUT2D eigenvalue weighted by Gasteiger charge is -2.27. The minimum Gasteiger partial charge on any atom is -0.361 e. The predicted molar refractivity (Wildman–Crippen MR) is 44.5 cm³/mol. The summed E-state index contributed by atoms with van der Waals surface area (Å²) in [6, 6.07) is 0. The molecule has 0 atom stereocenters. The summed E-state index contributed by atoms with van der Waals surface area (Å²) < 4.78 is 0. The van der Waals surface area contributed by atoms with Gasteiger partial charge in [-0.15, -0.1) is 0 Å². The van der Waals surface area contributed by atoms with E-state index in [1.54, 1.807) is 0 Å². The summed E-state index contributed by atoms with van der Waals surface area (Å²) in [7, 11) is 1.87. The Labute approximate surface area is 62.9 Å². The predicted octanol–water partition coefficient (Wildman–Crippen LogP) is 1.52. The number of nitrogens with zero attached hydrogens (tertiary/aromatic N) is 2. The van der Waals surface area contributed by atoms with Crippen molar-refractivity contribution in [2.75, 3.05) is 20.1 Å². The standard InChI is InChI=1S/C8H16N2/c1-8(9-2)10-6-4-3-5-7-10/h3-7H2,1-2H3/b9-8+. The molecule has 0 amide bonds. The van der Waals surface area contributed by atoms with Crippen LogP contribution in [-0.4, -0.2) is 30.9 Å². The highest BCUT2D eigenvalue weighted by atomic mass is 15.2. The monoisotopic (exact) mass is 140 g/mol. The summed E-state index contributed by atoms with van der Waals surface area (Å²) in [5, 5.41) is 0. The number of likely N-dealkylation sites (tertiary alicyclic amines) is 1. The molecule has 1 aliphatic rings. The number of amidine groups is 1. The third-order valence-electron chi connectivity index (χ3n) is 2.14. The van der Waals surface area contributed by atoms with Crippen molar-refractivity contribution < 1.29 is 0 Å². The lowest BCUT2D eigenvalue weighted by molar-refractivity contribution is 0.340. The van der Waals surface area contributed by atoms with Crippen LogP contribution in [0.4, 0.5) is 0 Å². The second-order valence-corrected chi connectivity index (χ2v) is 2.82. The van der Waals surface area contributed by atoms with Crippen LogP contribution in [0.3, 0.4) is 0 Å². The first-order valence-corrected chi connectivity index (χ1v) is 4.03. The lowest BCUT2D eigenvalue weighted by Crippen LogP contribution is -2.33. The summed E-state index contributed by atoms with van der Waals surface area (Å²) in [4.78, 5) is 6.52. The first-order valence-electron chi connectivity index (χ1n) is 4.03. The first-order chi connectivity index (χ1) is 4.84. The fourth-order valence-corrected chi connectivity index (χ4v) is 1.36. The Morgan fingerprint density at radius 3 is 2.30 bits per heavy atom. The highest BCUT2D eigenvalue weighted by Crippen LogP contribution is 2.08. The van der Waals surface area contributed by atoms with E-state index in [0.717, 1.165) is 0 Å². The van der Waals surface area contributed by atoms with Crippen molar-refractivity contribution in [2.45, 2.75) is 26.2 Å². The van der Waals surface area contributed by atoms with Crippen molar-refractivity contribution in [1.82, 2.24) is 4.90 Å². The zero-order valence-electron chi connectivity index (χ0n) is 6.93. The van der Waals surface area contributed by atoms with Crippen LogP contribution in [0.2, 0.25) is 0 Å². The summed E-state index contributed by atoms with van der Waals surface area (Å²) in [5.41, 5.74) is 0.